The molecule has 0 unspecified atom stereocenters. The summed E-state index contributed by atoms with van der Waals surface area (Å²) < 4.78 is 1.99. The Kier molecular flexibility index (Phi) is 5.09. The Morgan fingerprint density at radius 3 is 2.26 bits per heavy atom. The summed E-state index contributed by atoms with van der Waals surface area (Å²) in [5, 5.41) is 3.59. The van der Waals surface area contributed by atoms with Crippen molar-refractivity contribution in [2.75, 3.05) is 6.54 Å². The zero-order chi connectivity index (χ0) is 24.0. The van der Waals surface area contributed by atoms with E-state index in [1.54, 1.807) is 6.92 Å². The third-order valence-electron chi connectivity index (χ3n) is 6.64. The fourth-order valence-corrected chi connectivity index (χ4v) is 4.76. The van der Waals surface area contributed by atoms with E-state index in [0.717, 1.165) is 32.6 Å². The van der Waals surface area contributed by atoms with Gasteiger partial charge in [-0.15, -0.1) is 0 Å². The van der Waals surface area contributed by atoms with Crippen molar-refractivity contribution in [2.45, 2.75) is 19.4 Å². The van der Waals surface area contributed by atoms with Crippen LogP contribution in [0.15, 0.2) is 78.9 Å². The van der Waals surface area contributed by atoms with Gasteiger partial charge in [-0.3, -0.25) is 14.5 Å². The van der Waals surface area contributed by atoms with Crippen LogP contribution in [-0.4, -0.2) is 33.7 Å². The van der Waals surface area contributed by atoms with Crippen LogP contribution in [0.5, 0.6) is 0 Å². The molecule has 1 atom stereocenters. The molecule has 1 aromatic heterocycles. The maximum Gasteiger partial charge on any atom is 0.325 e. The van der Waals surface area contributed by atoms with Gasteiger partial charge in [0.25, 0.3) is 5.91 Å². The van der Waals surface area contributed by atoms with E-state index in [9.17, 15) is 14.4 Å². The van der Waals surface area contributed by atoms with Crippen molar-refractivity contribution in [3.8, 4) is 11.3 Å². The first-order valence-electron chi connectivity index (χ1n) is 11.2. The number of nitrogens with one attached hydrogen (secondary N) is 1. The average Bonchev–Trinajstić information content (AvgIpc) is 3.26. The second-order valence-electron chi connectivity index (χ2n) is 8.90. The first-order chi connectivity index (χ1) is 16.3. The maximum absolute atomic E-state index is 13.7. The number of aryl methyl sites for hydroxylation is 2. The molecule has 1 aliphatic rings. The van der Waals surface area contributed by atoms with E-state index in [0.29, 0.717) is 11.1 Å². The molecule has 34 heavy (non-hydrogen) atoms. The number of para-hydroxylation sites is 1. The highest BCUT2D eigenvalue weighted by molar-refractivity contribution is 6.17. The normalized spacial score (nSPS) is 17.9. The van der Waals surface area contributed by atoms with E-state index >= 15 is 0 Å². The molecule has 4 aromatic rings. The molecule has 0 spiro atoms. The van der Waals surface area contributed by atoms with Crippen LogP contribution in [-0.2, 0) is 17.4 Å². The first kappa shape index (κ1) is 21.6. The molecule has 1 aliphatic heterocycles. The van der Waals surface area contributed by atoms with Crippen molar-refractivity contribution >= 4 is 28.6 Å². The molecular weight excluding hydrogens is 426 g/mol. The minimum Gasteiger partial charge on any atom is -0.343 e. The molecule has 0 radical (unpaired) electrons. The standard InChI is InChI=1S/C28H25N3O3/c1-18-13-15-20(16-14-18)28(2)26(33)31(27(34)29-28)17-23(32)24-21-11-7-8-12-22(21)30(3)25(24)19-9-5-4-6-10-19/h4-16H,17H2,1-3H3,(H,29,34)/t28-/m0/s1. The lowest BCUT2D eigenvalue weighted by atomic mass is 9.91. The van der Waals surface area contributed by atoms with Gasteiger partial charge in [0, 0.05) is 18.0 Å². The molecule has 1 saturated heterocycles. The number of aromatic nitrogens is 1. The number of Topliss-reactive ketones (excluding diaryl/α,β-unsaturated/α-hetero) is 1. The summed E-state index contributed by atoms with van der Waals surface area (Å²) in [4.78, 5) is 41.0. The molecule has 170 valence electrons. The van der Waals surface area contributed by atoms with Gasteiger partial charge < -0.3 is 9.88 Å². The van der Waals surface area contributed by atoms with E-state index < -0.39 is 17.5 Å². The molecule has 1 N–H and O–H groups in total. The van der Waals surface area contributed by atoms with Crippen LogP contribution in [0.4, 0.5) is 4.79 Å². The smallest absolute Gasteiger partial charge is 0.325 e. The van der Waals surface area contributed by atoms with Crippen molar-refractivity contribution in [3.63, 3.8) is 0 Å². The molecule has 1 fully saturated rings. The highest BCUT2D eigenvalue weighted by Crippen LogP contribution is 2.34. The van der Waals surface area contributed by atoms with E-state index in [1.807, 2.05) is 97.4 Å². The van der Waals surface area contributed by atoms with Gasteiger partial charge in [0.1, 0.15) is 5.54 Å². The number of amides is 3. The summed E-state index contributed by atoms with van der Waals surface area (Å²) in [6, 6.07) is 24.2. The number of benzene rings is 3. The number of nitrogens with zero attached hydrogens (tertiary/aromatic N) is 2. The second kappa shape index (κ2) is 7.99. The minimum atomic E-state index is -1.22. The zero-order valence-corrected chi connectivity index (χ0v) is 19.3. The monoisotopic (exact) mass is 451 g/mol. The summed E-state index contributed by atoms with van der Waals surface area (Å²) in [5.74, 6) is -0.719. The van der Waals surface area contributed by atoms with Crippen LogP contribution in [0.3, 0.4) is 0 Å². The van der Waals surface area contributed by atoms with Crippen LogP contribution in [0.25, 0.3) is 22.2 Å². The van der Waals surface area contributed by atoms with Crippen LogP contribution in [0.1, 0.15) is 28.4 Å². The van der Waals surface area contributed by atoms with Gasteiger partial charge in [0.2, 0.25) is 0 Å². The van der Waals surface area contributed by atoms with Crippen molar-refractivity contribution < 1.29 is 14.4 Å². The van der Waals surface area contributed by atoms with Gasteiger partial charge in [-0.2, -0.15) is 0 Å². The van der Waals surface area contributed by atoms with E-state index in [1.165, 1.54) is 0 Å². The van der Waals surface area contributed by atoms with E-state index in [2.05, 4.69) is 5.32 Å². The Bertz CT molecular complexity index is 1440. The van der Waals surface area contributed by atoms with Gasteiger partial charge in [0.15, 0.2) is 5.78 Å². The highest BCUT2D eigenvalue weighted by atomic mass is 16.2. The van der Waals surface area contributed by atoms with Crippen molar-refractivity contribution in [2.24, 2.45) is 7.05 Å². The predicted molar refractivity (Wildman–Crippen MR) is 131 cm³/mol. The number of hydrogen-bond acceptors (Lipinski definition) is 3. The van der Waals surface area contributed by atoms with Crippen LogP contribution in [0, 0.1) is 6.92 Å². The largest absolute Gasteiger partial charge is 0.343 e. The second-order valence-corrected chi connectivity index (χ2v) is 8.90. The molecule has 3 aromatic carbocycles. The van der Waals surface area contributed by atoms with Crippen molar-refractivity contribution in [1.82, 2.24) is 14.8 Å². The van der Waals surface area contributed by atoms with Gasteiger partial charge in [0.05, 0.1) is 17.8 Å². The topological polar surface area (TPSA) is 71.4 Å². The lowest BCUT2D eigenvalue weighted by molar-refractivity contribution is -0.130. The predicted octanol–water partition coefficient (Wildman–Crippen LogP) is 4.80. The lowest BCUT2D eigenvalue weighted by Crippen LogP contribution is -2.41. The van der Waals surface area contributed by atoms with Gasteiger partial charge in [-0.05, 0) is 31.0 Å². The molecule has 0 saturated carbocycles. The number of fused-ring (bicyclic) bond motifs is 1. The lowest BCUT2D eigenvalue weighted by Gasteiger charge is -2.22. The molecule has 0 bridgehead atoms. The molecule has 2 heterocycles. The molecule has 6 heteroatoms. The number of urea groups is 1. The first-order valence-corrected chi connectivity index (χ1v) is 11.2. The van der Waals surface area contributed by atoms with Crippen molar-refractivity contribution in [1.29, 1.82) is 0 Å². The summed E-state index contributed by atoms with van der Waals surface area (Å²) in [7, 11) is 1.92. The number of rotatable bonds is 5. The summed E-state index contributed by atoms with van der Waals surface area (Å²) >= 11 is 0. The van der Waals surface area contributed by atoms with Crippen LogP contribution in [0.2, 0.25) is 0 Å². The Labute approximate surface area is 197 Å². The fourth-order valence-electron chi connectivity index (χ4n) is 4.76. The van der Waals surface area contributed by atoms with Gasteiger partial charge in [-0.1, -0.05) is 78.4 Å². The molecule has 6 nitrogen and oxygen atoms in total. The SMILES string of the molecule is Cc1ccc([C@]2(C)NC(=O)N(CC(=O)c3c(-c4ccccc4)n(C)c4ccccc34)C2=O)cc1. The zero-order valence-electron chi connectivity index (χ0n) is 19.3. The summed E-state index contributed by atoms with van der Waals surface area (Å²) in [6.07, 6.45) is 0. The van der Waals surface area contributed by atoms with Gasteiger partial charge in [-0.25, -0.2) is 4.79 Å². The van der Waals surface area contributed by atoms with Crippen molar-refractivity contribution in [3.05, 3.63) is 95.6 Å². The van der Waals surface area contributed by atoms with Crippen LogP contribution < -0.4 is 5.32 Å². The van der Waals surface area contributed by atoms with Crippen LogP contribution >= 0.6 is 0 Å². The Balaban J connectivity index is 1.54. The summed E-state index contributed by atoms with van der Waals surface area (Å²) in [6.45, 7) is 3.30. The molecular formula is C28H25N3O3. The van der Waals surface area contributed by atoms with E-state index in [-0.39, 0.29) is 12.3 Å². The van der Waals surface area contributed by atoms with E-state index in [4.69, 9.17) is 0 Å². The fraction of sp³-hybridized carbons (Fsp3) is 0.179. The minimum absolute atomic E-state index is 0.285. The molecule has 0 aliphatic carbocycles. The third kappa shape index (κ3) is 3.30. The highest BCUT2D eigenvalue weighted by Gasteiger charge is 2.49. The Morgan fingerprint density at radius 1 is 0.912 bits per heavy atom. The van der Waals surface area contributed by atoms with Gasteiger partial charge >= 0.3 is 6.03 Å². The average molecular weight is 452 g/mol. The number of hydrogen-bond donors (Lipinski definition) is 1. The third-order valence-corrected chi connectivity index (χ3v) is 6.64. The Hall–Kier alpha value is -4.19. The Morgan fingerprint density at radius 2 is 1.56 bits per heavy atom. The number of carbonyl (C=O) groups excluding carboxylic acids is 3. The quantitative estimate of drug-likeness (QED) is 0.350. The molecule has 5 rings (SSSR count). The number of carbonyl (C=O) groups is 3. The maximum atomic E-state index is 13.7. The molecule has 3 amide bonds. The summed E-state index contributed by atoms with van der Waals surface area (Å²) in [5.41, 5.74) is 3.60. The number of imide groups is 1. The number of ketones is 1.